The lowest BCUT2D eigenvalue weighted by molar-refractivity contribution is -0.490. The van der Waals surface area contributed by atoms with Gasteiger partial charge in [-0.05, 0) is 30.0 Å². The summed E-state index contributed by atoms with van der Waals surface area (Å²) in [5.74, 6) is -2.69. The number of ketones is 1. The highest BCUT2D eigenvalue weighted by molar-refractivity contribution is 5.93. The first-order chi connectivity index (χ1) is 12.8. The largest absolute Gasteiger partial charge is 0.456 e. The molecular formula is C19H24N2O6. The number of anilines is 1. The first-order valence-electron chi connectivity index (χ1n) is 8.99. The molecule has 0 heterocycles. The van der Waals surface area contributed by atoms with Gasteiger partial charge in [0, 0.05) is 28.9 Å². The van der Waals surface area contributed by atoms with Crippen LogP contribution in [0.2, 0.25) is 0 Å². The van der Waals surface area contributed by atoms with Gasteiger partial charge in [-0.1, -0.05) is 26.0 Å². The first-order valence-corrected chi connectivity index (χ1v) is 8.99. The average molecular weight is 376 g/mol. The van der Waals surface area contributed by atoms with Crippen LogP contribution in [0.4, 0.5) is 5.69 Å². The van der Waals surface area contributed by atoms with E-state index in [0.29, 0.717) is 5.69 Å². The average Bonchev–Trinajstić information content (AvgIpc) is 2.87. The van der Waals surface area contributed by atoms with E-state index in [-0.39, 0.29) is 31.1 Å². The van der Waals surface area contributed by atoms with Crippen molar-refractivity contribution in [3.8, 4) is 0 Å². The molecule has 1 amide bonds. The Balaban J connectivity index is 1.82. The molecule has 0 aliphatic heterocycles. The number of nitrogens with one attached hydrogen (secondary N) is 1. The van der Waals surface area contributed by atoms with E-state index in [2.05, 4.69) is 5.32 Å². The van der Waals surface area contributed by atoms with E-state index in [1.807, 2.05) is 19.1 Å². The summed E-state index contributed by atoms with van der Waals surface area (Å²) in [7, 11) is 0. The molecule has 1 aromatic carbocycles. The lowest BCUT2D eigenvalue weighted by atomic mass is 9.88. The number of carbonyl (C=O) groups excluding carboxylic acids is 3. The molecule has 1 aliphatic carbocycles. The van der Waals surface area contributed by atoms with Crippen molar-refractivity contribution in [2.75, 3.05) is 18.5 Å². The van der Waals surface area contributed by atoms with E-state index in [4.69, 9.17) is 4.74 Å². The van der Waals surface area contributed by atoms with E-state index in [9.17, 15) is 24.5 Å². The van der Waals surface area contributed by atoms with Crippen LogP contribution in [0.3, 0.4) is 0 Å². The van der Waals surface area contributed by atoms with Crippen molar-refractivity contribution < 1.29 is 24.0 Å². The summed E-state index contributed by atoms with van der Waals surface area (Å²) in [5, 5.41) is 13.4. The summed E-state index contributed by atoms with van der Waals surface area (Å²) in [4.78, 5) is 46.3. The number of nitrogens with zero attached hydrogens (tertiary/aromatic N) is 1. The number of hydrogen-bond acceptors (Lipinski definition) is 6. The summed E-state index contributed by atoms with van der Waals surface area (Å²) in [6, 6.07) is 7.31. The van der Waals surface area contributed by atoms with Gasteiger partial charge in [0.2, 0.25) is 6.54 Å². The van der Waals surface area contributed by atoms with Gasteiger partial charge in [0.1, 0.15) is 5.78 Å². The Bertz CT molecular complexity index is 715. The van der Waals surface area contributed by atoms with Crippen LogP contribution in [0.25, 0.3) is 0 Å². The Labute approximate surface area is 157 Å². The molecule has 1 fully saturated rings. The number of carbonyl (C=O) groups is 3. The molecule has 3 atom stereocenters. The standard InChI is InChI=1S/C19H24N2O6/c1-3-13-4-6-14(7-5-13)20-18(23)11-27-19(24)9-15-16(10-21(25)26)12(2)8-17(15)22/h4-7,12,15-16H,3,8-11H2,1-2H3,(H,20,23)/t12-,15-,16-/m1/s1. The van der Waals surface area contributed by atoms with Gasteiger partial charge >= 0.3 is 5.97 Å². The number of Topliss-reactive ketones (excluding diaryl/α,β-unsaturated/α-hetero) is 1. The smallest absolute Gasteiger partial charge is 0.307 e. The Morgan fingerprint density at radius 2 is 1.96 bits per heavy atom. The maximum Gasteiger partial charge on any atom is 0.307 e. The van der Waals surface area contributed by atoms with Crippen LogP contribution in [0.15, 0.2) is 24.3 Å². The number of nitro groups is 1. The topological polar surface area (TPSA) is 116 Å². The highest BCUT2D eigenvalue weighted by Gasteiger charge is 2.44. The third kappa shape index (κ3) is 5.87. The van der Waals surface area contributed by atoms with Gasteiger partial charge in [-0.3, -0.25) is 24.5 Å². The number of esters is 1. The molecule has 0 spiro atoms. The molecular weight excluding hydrogens is 352 g/mol. The van der Waals surface area contributed by atoms with Crippen molar-refractivity contribution >= 4 is 23.3 Å². The maximum atomic E-state index is 12.0. The molecule has 1 N–H and O–H groups in total. The van der Waals surface area contributed by atoms with Crippen LogP contribution in [0, 0.1) is 27.9 Å². The maximum absolute atomic E-state index is 12.0. The number of ether oxygens (including phenoxy) is 1. The second kappa shape index (κ2) is 9.25. The fourth-order valence-electron chi connectivity index (χ4n) is 3.41. The fraction of sp³-hybridized carbons (Fsp3) is 0.526. The second-order valence-electron chi connectivity index (χ2n) is 6.90. The van der Waals surface area contributed by atoms with Crippen molar-refractivity contribution in [3.05, 3.63) is 39.9 Å². The Kier molecular flexibility index (Phi) is 7.04. The van der Waals surface area contributed by atoms with Crippen LogP contribution in [-0.2, 0) is 25.5 Å². The molecule has 0 radical (unpaired) electrons. The van der Waals surface area contributed by atoms with Crippen molar-refractivity contribution in [1.82, 2.24) is 0 Å². The van der Waals surface area contributed by atoms with Gasteiger partial charge in [-0.2, -0.15) is 0 Å². The molecule has 0 unspecified atom stereocenters. The lowest BCUT2D eigenvalue weighted by Crippen LogP contribution is -2.28. The third-order valence-corrected chi connectivity index (χ3v) is 4.94. The van der Waals surface area contributed by atoms with E-state index >= 15 is 0 Å². The Morgan fingerprint density at radius 1 is 1.30 bits per heavy atom. The summed E-state index contributed by atoms with van der Waals surface area (Å²) in [5.41, 5.74) is 1.73. The van der Waals surface area contributed by atoms with Crippen molar-refractivity contribution in [1.29, 1.82) is 0 Å². The van der Waals surface area contributed by atoms with Gasteiger partial charge in [-0.25, -0.2) is 0 Å². The van der Waals surface area contributed by atoms with E-state index in [1.165, 1.54) is 0 Å². The Hall–Kier alpha value is -2.77. The predicted octanol–water partition coefficient (Wildman–Crippen LogP) is 2.24. The zero-order chi connectivity index (χ0) is 20.0. The number of rotatable bonds is 8. The van der Waals surface area contributed by atoms with Crippen LogP contribution in [0.5, 0.6) is 0 Å². The zero-order valence-electron chi connectivity index (χ0n) is 15.5. The Morgan fingerprint density at radius 3 is 2.56 bits per heavy atom. The molecule has 8 heteroatoms. The second-order valence-corrected chi connectivity index (χ2v) is 6.90. The molecule has 2 rings (SSSR count). The molecule has 146 valence electrons. The molecule has 0 saturated heterocycles. The van der Waals surface area contributed by atoms with Crippen LogP contribution in [0.1, 0.15) is 32.3 Å². The minimum absolute atomic E-state index is 0.143. The molecule has 1 aliphatic rings. The van der Waals surface area contributed by atoms with Crippen molar-refractivity contribution in [2.45, 2.75) is 33.1 Å². The SMILES string of the molecule is CCc1ccc(NC(=O)COC(=O)C[C@H]2C(=O)C[C@@H](C)[C@H]2C[N+](=O)[O-])cc1. The minimum Gasteiger partial charge on any atom is -0.456 e. The van der Waals surface area contributed by atoms with Gasteiger partial charge in [0.25, 0.3) is 5.91 Å². The summed E-state index contributed by atoms with van der Waals surface area (Å²) in [6.07, 6.45) is 0.882. The molecule has 27 heavy (non-hydrogen) atoms. The van der Waals surface area contributed by atoms with Gasteiger partial charge in [0.15, 0.2) is 6.61 Å². The van der Waals surface area contributed by atoms with Crippen molar-refractivity contribution in [2.24, 2.45) is 17.8 Å². The van der Waals surface area contributed by atoms with E-state index < -0.39 is 35.2 Å². The first kappa shape index (κ1) is 20.5. The third-order valence-electron chi connectivity index (χ3n) is 4.94. The highest BCUT2D eigenvalue weighted by Crippen LogP contribution is 2.36. The van der Waals surface area contributed by atoms with E-state index in [0.717, 1.165) is 12.0 Å². The van der Waals surface area contributed by atoms with Crippen LogP contribution >= 0.6 is 0 Å². The van der Waals surface area contributed by atoms with Gasteiger partial charge in [-0.15, -0.1) is 0 Å². The van der Waals surface area contributed by atoms with Crippen LogP contribution < -0.4 is 5.32 Å². The molecule has 8 nitrogen and oxygen atoms in total. The molecule has 0 aromatic heterocycles. The number of amides is 1. The summed E-state index contributed by atoms with van der Waals surface area (Å²) in [6.45, 7) is 2.98. The highest BCUT2D eigenvalue weighted by atomic mass is 16.6. The quantitative estimate of drug-likeness (QED) is 0.423. The van der Waals surface area contributed by atoms with E-state index in [1.54, 1.807) is 19.1 Å². The minimum atomic E-state index is -0.720. The zero-order valence-corrected chi connectivity index (χ0v) is 15.5. The number of benzene rings is 1. The summed E-state index contributed by atoms with van der Waals surface area (Å²) < 4.78 is 4.95. The predicted molar refractivity (Wildman–Crippen MR) is 97.7 cm³/mol. The monoisotopic (exact) mass is 376 g/mol. The molecule has 1 aromatic rings. The lowest BCUT2D eigenvalue weighted by Gasteiger charge is -2.17. The van der Waals surface area contributed by atoms with Crippen LogP contribution in [-0.4, -0.2) is 35.7 Å². The van der Waals surface area contributed by atoms with Crippen molar-refractivity contribution in [3.63, 3.8) is 0 Å². The number of hydrogen-bond donors (Lipinski definition) is 1. The van der Waals surface area contributed by atoms with Gasteiger partial charge in [0.05, 0.1) is 6.42 Å². The normalized spacial score (nSPS) is 21.7. The number of aryl methyl sites for hydroxylation is 1. The molecule has 0 bridgehead atoms. The fourth-order valence-corrected chi connectivity index (χ4v) is 3.41. The summed E-state index contributed by atoms with van der Waals surface area (Å²) >= 11 is 0. The van der Waals surface area contributed by atoms with Gasteiger partial charge < -0.3 is 10.1 Å². The molecule has 1 saturated carbocycles.